The molecule has 2 heterocycles. The molecule has 0 saturated heterocycles. The zero-order chi connectivity index (χ0) is 24.3. The van der Waals surface area contributed by atoms with Crippen molar-refractivity contribution in [2.45, 2.75) is 10.6 Å². The van der Waals surface area contributed by atoms with Gasteiger partial charge in [0.05, 0.1) is 33.3 Å². The Balaban J connectivity index is 1.56. The zero-order valence-corrected chi connectivity index (χ0v) is 19.7. The quantitative estimate of drug-likeness (QED) is 0.343. The van der Waals surface area contributed by atoms with E-state index >= 15 is 0 Å². The molecule has 0 N–H and O–H groups in total. The fraction of sp³-hybridized carbons (Fsp3) is 0.217. The second-order valence-corrected chi connectivity index (χ2v) is 9.06. The molecule has 2 aromatic heterocycles. The van der Waals surface area contributed by atoms with E-state index in [0.29, 0.717) is 34.4 Å². The van der Waals surface area contributed by atoms with Gasteiger partial charge in [0.2, 0.25) is 5.82 Å². The first-order valence-corrected chi connectivity index (χ1v) is 11.6. The lowest BCUT2D eigenvalue weighted by Gasteiger charge is -2.09. The number of aromatic nitrogens is 2. The van der Waals surface area contributed by atoms with Crippen LogP contribution < -0.4 is 18.9 Å². The largest absolute Gasteiger partial charge is 0.497 e. The van der Waals surface area contributed by atoms with Gasteiger partial charge in [-0.3, -0.25) is 0 Å². The minimum absolute atomic E-state index is 0.0788. The number of hydrogen-bond acceptors (Lipinski definition) is 10. The molecule has 4 aromatic rings. The van der Waals surface area contributed by atoms with Crippen LogP contribution in [0, 0.1) is 0 Å². The van der Waals surface area contributed by atoms with E-state index in [1.807, 2.05) is 0 Å². The van der Waals surface area contributed by atoms with E-state index in [0.717, 1.165) is 0 Å². The average Bonchev–Trinajstić information content (AvgIpc) is 3.52. The van der Waals surface area contributed by atoms with Gasteiger partial charge in [0.15, 0.2) is 27.1 Å². The molecule has 4 rings (SSSR count). The van der Waals surface area contributed by atoms with E-state index in [4.69, 9.17) is 27.9 Å². The third-order valence-electron chi connectivity index (χ3n) is 4.95. The van der Waals surface area contributed by atoms with Gasteiger partial charge in [-0.25, -0.2) is 8.42 Å². The number of rotatable bonds is 9. The number of nitrogens with zero attached hydrogens (tertiary/aromatic N) is 2. The van der Waals surface area contributed by atoms with E-state index < -0.39 is 9.84 Å². The fourth-order valence-electron chi connectivity index (χ4n) is 3.23. The molecule has 0 aliphatic rings. The summed E-state index contributed by atoms with van der Waals surface area (Å²) in [5, 5.41) is 3.98. The van der Waals surface area contributed by atoms with Gasteiger partial charge in [-0.15, -0.1) is 0 Å². The smallest absolute Gasteiger partial charge is 0.293 e. The highest BCUT2D eigenvalue weighted by Crippen LogP contribution is 2.32. The third-order valence-corrected chi connectivity index (χ3v) is 6.59. The van der Waals surface area contributed by atoms with Crippen LogP contribution in [0.1, 0.15) is 5.76 Å². The Morgan fingerprint density at radius 2 is 1.53 bits per heavy atom. The van der Waals surface area contributed by atoms with Crippen LogP contribution in [0.3, 0.4) is 0 Å². The first kappa shape index (κ1) is 23.2. The highest BCUT2D eigenvalue weighted by atomic mass is 32.2. The molecule has 2 aromatic carbocycles. The molecule has 0 aliphatic heterocycles. The molecular formula is C23H22N2O8S. The van der Waals surface area contributed by atoms with Crippen LogP contribution >= 0.6 is 0 Å². The van der Waals surface area contributed by atoms with Crippen LogP contribution in [-0.4, -0.2) is 47.0 Å². The Kier molecular flexibility index (Phi) is 6.46. The number of sulfone groups is 1. The van der Waals surface area contributed by atoms with E-state index in [1.54, 1.807) is 44.6 Å². The van der Waals surface area contributed by atoms with Gasteiger partial charge in [0.1, 0.15) is 23.0 Å². The lowest BCUT2D eigenvalue weighted by atomic mass is 10.2. The predicted octanol–water partition coefficient (Wildman–Crippen LogP) is 4.00. The molecule has 0 bridgehead atoms. The molecule has 0 amide bonds. The van der Waals surface area contributed by atoms with Gasteiger partial charge < -0.3 is 27.9 Å². The first-order valence-electron chi connectivity index (χ1n) is 9.98. The van der Waals surface area contributed by atoms with Crippen molar-refractivity contribution in [2.75, 3.05) is 28.4 Å². The summed E-state index contributed by atoms with van der Waals surface area (Å²) in [5.41, 5.74) is 0.619. The highest BCUT2D eigenvalue weighted by molar-refractivity contribution is 7.90. The van der Waals surface area contributed by atoms with Crippen LogP contribution in [0.2, 0.25) is 0 Å². The number of ether oxygens (including phenoxy) is 4. The molecule has 0 radical (unpaired) electrons. The van der Waals surface area contributed by atoms with E-state index in [1.165, 1.54) is 32.4 Å². The van der Waals surface area contributed by atoms with Crippen molar-refractivity contribution in [3.05, 3.63) is 54.3 Å². The Bertz CT molecular complexity index is 1390. The Hall–Kier alpha value is -3.99. The highest BCUT2D eigenvalue weighted by Gasteiger charge is 2.22. The normalized spacial score (nSPS) is 11.3. The standard InChI is InChI=1S/C23H22N2O8S/c1-28-16-9-14(10-17(11-16)29-2)22-24-23(33-25-22)20-7-5-15(32-20)13-34(26,27)18-6-8-19(30-3)21(12-18)31-4/h5-12H,13H2,1-4H3. The van der Waals surface area contributed by atoms with Crippen molar-refractivity contribution in [1.82, 2.24) is 10.1 Å². The molecule has 0 unspecified atom stereocenters. The maximum atomic E-state index is 12.9. The molecule has 0 spiro atoms. The molecule has 0 saturated carbocycles. The van der Waals surface area contributed by atoms with Crippen LogP contribution in [-0.2, 0) is 15.6 Å². The monoisotopic (exact) mass is 486 g/mol. The maximum absolute atomic E-state index is 12.9. The van der Waals surface area contributed by atoms with Gasteiger partial charge in [-0.2, -0.15) is 4.98 Å². The SMILES string of the molecule is COc1cc(OC)cc(-c2noc(-c3ccc(CS(=O)(=O)c4ccc(OC)c(OC)c4)o3)n2)c1. The molecule has 178 valence electrons. The number of furan rings is 1. The zero-order valence-electron chi connectivity index (χ0n) is 18.9. The van der Waals surface area contributed by atoms with Crippen LogP contribution in [0.4, 0.5) is 0 Å². The van der Waals surface area contributed by atoms with Crippen LogP contribution in [0.5, 0.6) is 23.0 Å². The van der Waals surface area contributed by atoms with E-state index in [-0.39, 0.29) is 28.1 Å². The number of methoxy groups -OCH3 is 4. The number of benzene rings is 2. The van der Waals surface area contributed by atoms with Crippen molar-refractivity contribution in [3.63, 3.8) is 0 Å². The molecule has 10 nitrogen and oxygen atoms in total. The minimum Gasteiger partial charge on any atom is -0.497 e. The maximum Gasteiger partial charge on any atom is 0.293 e. The van der Waals surface area contributed by atoms with Crippen molar-refractivity contribution in [1.29, 1.82) is 0 Å². The summed E-state index contributed by atoms with van der Waals surface area (Å²) in [6.07, 6.45) is 0. The van der Waals surface area contributed by atoms with Crippen molar-refractivity contribution in [2.24, 2.45) is 0 Å². The Labute approximate surface area is 195 Å². The van der Waals surface area contributed by atoms with Crippen molar-refractivity contribution >= 4 is 9.84 Å². The second-order valence-electron chi connectivity index (χ2n) is 7.07. The summed E-state index contributed by atoms with van der Waals surface area (Å²) in [7, 11) is 2.28. The lowest BCUT2D eigenvalue weighted by Crippen LogP contribution is -2.05. The van der Waals surface area contributed by atoms with Gasteiger partial charge in [0.25, 0.3) is 5.89 Å². The summed E-state index contributed by atoms with van der Waals surface area (Å²) in [4.78, 5) is 4.43. The van der Waals surface area contributed by atoms with Gasteiger partial charge >= 0.3 is 0 Å². The van der Waals surface area contributed by atoms with Gasteiger partial charge in [-0.05, 0) is 36.4 Å². The summed E-state index contributed by atoms with van der Waals surface area (Å²) in [5.74, 6) is 2.38. The molecule has 0 fully saturated rings. The topological polar surface area (TPSA) is 123 Å². The third kappa shape index (κ3) is 4.69. The summed E-state index contributed by atoms with van der Waals surface area (Å²) in [6.45, 7) is 0. The van der Waals surface area contributed by atoms with Gasteiger partial charge in [-0.1, -0.05) is 5.16 Å². The van der Waals surface area contributed by atoms with Gasteiger partial charge in [0, 0.05) is 17.7 Å². The summed E-state index contributed by atoms with van der Waals surface area (Å²) < 4.78 is 57.7. The average molecular weight is 487 g/mol. The summed E-state index contributed by atoms with van der Waals surface area (Å²) in [6, 6.07) is 12.7. The molecule has 34 heavy (non-hydrogen) atoms. The minimum atomic E-state index is -3.72. The molecule has 0 aliphatic carbocycles. The van der Waals surface area contributed by atoms with Crippen molar-refractivity contribution < 1.29 is 36.3 Å². The molecular weight excluding hydrogens is 464 g/mol. The number of hydrogen-bond donors (Lipinski definition) is 0. The van der Waals surface area contributed by atoms with E-state index in [2.05, 4.69) is 10.1 Å². The Morgan fingerprint density at radius 3 is 2.18 bits per heavy atom. The van der Waals surface area contributed by atoms with Crippen molar-refractivity contribution in [3.8, 4) is 46.0 Å². The van der Waals surface area contributed by atoms with E-state index in [9.17, 15) is 8.42 Å². The second kappa shape index (κ2) is 9.48. The molecule has 0 atom stereocenters. The summed E-state index contributed by atoms with van der Waals surface area (Å²) >= 11 is 0. The van der Waals surface area contributed by atoms with Crippen LogP contribution in [0.15, 0.2) is 62.4 Å². The fourth-order valence-corrected chi connectivity index (χ4v) is 4.49. The first-order chi connectivity index (χ1) is 16.4. The lowest BCUT2D eigenvalue weighted by molar-refractivity contribution is 0.354. The predicted molar refractivity (Wildman–Crippen MR) is 121 cm³/mol. The Morgan fingerprint density at radius 1 is 0.824 bits per heavy atom. The molecule has 11 heteroatoms. The van der Waals surface area contributed by atoms with Crippen LogP contribution in [0.25, 0.3) is 23.0 Å².